The summed E-state index contributed by atoms with van der Waals surface area (Å²) in [7, 11) is 0. The topological polar surface area (TPSA) is 102 Å². The standard InChI is InChI=1S/C25H17F5N4O4/c26-19-18(20(27)22(29)23(30)21(19)28)25-32-14-11-13(5-7-17(14)38-25)31-24(35)12-4-6-15(16(10-12)34(36)37)33-8-2-1-3-9-33/h4-7,10-11H,1-3,8-9H2,(H,31,35). The quantitative estimate of drug-likeness (QED) is 0.106. The maximum Gasteiger partial charge on any atom is 0.293 e. The van der Waals surface area contributed by atoms with Gasteiger partial charge >= 0.3 is 0 Å². The summed E-state index contributed by atoms with van der Waals surface area (Å²) < 4.78 is 74.1. The van der Waals surface area contributed by atoms with Crippen molar-refractivity contribution < 1.29 is 36.1 Å². The Morgan fingerprint density at radius 3 is 2.24 bits per heavy atom. The fourth-order valence-electron chi connectivity index (χ4n) is 4.32. The van der Waals surface area contributed by atoms with Gasteiger partial charge in [0.25, 0.3) is 11.6 Å². The number of rotatable bonds is 5. The van der Waals surface area contributed by atoms with Gasteiger partial charge in [0.15, 0.2) is 28.9 Å². The third kappa shape index (κ3) is 4.40. The zero-order valence-corrected chi connectivity index (χ0v) is 19.4. The van der Waals surface area contributed by atoms with Gasteiger partial charge in [-0.2, -0.15) is 0 Å². The molecule has 1 aromatic heterocycles. The van der Waals surface area contributed by atoms with Crippen LogP contribution in [0.15, 0.2) is 40.8 Å². The molecule has 0 saturated carbocycles. The lowest BCUT2D eigenvalue weighted by Crippen LogP contribution is -2.30. The predicted molar refractivity (Wildman–Crippen MR) is 126 cm³/mol. The van der Waals surface area contributed by atoms with Gasteiger partial charge in [-0.05, 0) is 49.6 Å². The number of amides is 1. The van der Waals surface area contributed by atoms with Crippen molar-refractivity contribution >= 4 is 34.1 Å². The smallest absolute Gasteiger partial charge is 0.293 e. The molecule has 0 bridgehead atoms. The minimum absolute atomic E-state index is 0.0137. The summed E-state index contributed by atoms with van der Waals surface area (Å²) in [4.78, 5) is 29.7. The molecule has 2 heterocycles. The third-order valence-corrected chi connectivity index (χ3v) is 6.20. The van der Waals surface area contributed by atoms with Crippen molar-refractivity contribution in [3.63, 3.8) is 0 Å². The van der Waals surface area contributed by atoms with Gasteiger partial charge in [-0.1, -0.05) is 0 Å². The number of hydrogen-bond donors (Lipinski definition) is 1. The zero-order chi connectivity index (χ0) is 27.1. The molecule has 4 aromatic rings. The molecule has 1 saturated heterocycles. The average Bonchev–Trinajstić information content (AvgIpc) is 3.33. The normalized spacial score (nSPS) is 13.7. The first-order valence-electron chi connectivity index (χ1n) is 11.4. The number of halogens is 5. The Labute approximate surface area is 210 Å². The van der Waals surface area contributed by atoms with E-state index in [1.54, 1.807) is 0 Å². The molecule has 1 aliphatic heterocycles. The van der Waals surface area contributed by atoms with Crippen molar-refractivity contribution in [2.75, 3.05) is 23.3 Å². The molecule has 1 aliphatic rings. The molecule has 1 N–H and O–H groups in total. The van der Waals surface area contributed by atoms with Crippen molar-refractivity contribution in [2.45, 2.75) is 19.3 Å². The minimum atomic E-state index is -2.31. The Bertz CT molecular complexity index is 1570. The second kappa shape index (κ2) is 9.72. The van der Waals surface area contributed by atoms with Crippen LogP contribution in [0.3, 0.4) is 0 Å². The van der Waals surface area contributed by atoms with Gasteiger partial charge in [-0.25, -0.2) is 26.9 Å². The number of aromatic nitrogens is 1. The highest BCUT2D eigenvalue weighted by atomic mass is 19.2. The molecule has 38 heavy (non-hydrogen) atoms. The van der Waals surface area contributed by atoms with Crippen LogP contribution in [-0.2, 0) is 0 Å². The Morgan fingerprint density at radius 2 is 1.58 bits per heavy atom. The van der Waals surface area contributed by atoms with E-state index in [0.29, 0.717) is 18.8 Å². The fourth-order valence-corrected chi connectivity index (χ4v) is 4.32. The molecule has 0 aliphatic carbocycles. The molecule has 3 aromatic carbocycles. The van der Waals surface area contributed by atoms with Crippen molar-refractivity contribution in [1.82, 2.24) is 4.98 Å². The highest BCUT2D eigenvalue weighted by Crippen LogP contribution is 2.34. The summed E-state index contributed by atoms with van der Waals surface area (Å²) in [5.41, 5.74) is -1.06. The van der Waals surface area contributed by atoms with Crippen LogP contribution >= 0.6 is 0 Å². The number of benzene rings is 3. The van der Waals surface area contributed by atoms with Gasteiger partial charge < -0.3 is 14.6 Å². The van der Waals surface area contributed by atoms with Crippen LogP contribution in [0, 0.1) is 39.2 Å². The molecule has 13 heteroatoms. The summed E-state index contributed by atoms with van der Waals surface area (Å²) in [6.45, 7) is 1.36. The summed E-state index contributed by atoms with van der Waals surface area (Å²) in [6, 6.07) is 8.04. The number of nitrogens with one attached hydrogen (secondary N) is 1. The molecular weight excluding hydrogens is 515 g/mol. The number of fused-ring (bicyclic) bond motifs is 1. The Morgan fingerprint density at radius 1 is 0.921 bits per heavy atom. The highest BCUT2D eigenvalue weighted by Gasteiger charge is 2.29. The Hall–Kier alpha value is -4.55. The van der Waals surface area contributed by atoms with Crippen molar-refractivity contribution in [3.8, 4) is 11.5 Å². The molecule has 0 atom stereocenters. The molecule has 5 rings (SSSR count). The van der Waals surface area contributed by atoms with E-state index >= 15 is 0 Å². The number of anilines is 2. The zero-order valence-electron chi connectivity index (χ0n) is 19.4. The van der Waals surface area contributed by atoms with E-state index in [2.05, 4.69) is 10.3 Å². The van der Waals surface area contributed by atoms with E-state index in [9.17, 15) is 36.9 Å². The van der Waals surface area contributed by atoms with E-state index < -0.39 is 51.4 Å². The molecule has 1 amide bonds. The Kier molecular flexibility index (Phi) is 6.43. The first kappa shape index (κ1) is 25.1. The van der Waals surface area contributed by atoms with Crippen molar-refractivity contribution in [2.24, 2.45) is 0 Å². The highest BCUT2D eigenvalue weighted by molar-refractivity contribution is 6.05. The number of carbonyl (C=O) groups excluding carboxylic acids is 1. The van der Waals surface area contributed by atoms with Crippen LogP contribution in [0.5, 0.6) is 0 Å². The molecule has 1 fully saturated rings. The minimum Gasteiger partial charge on any atom is -0.436 e. The summed E-state index contributed by atoms with van der Waals surface area (Å²) in [5, 5.41) is 14.2. The van der Waals surface area contributed by atoms with Crippen molar-refractivity contribution in [3.05, 3.63) is 81.2 Å². The number of hydrogen-bond acceptors (Lipinski definition) is 6. The molecule has 0 spiro atoms. The fraction of sp³-hybridized carbons (Fsp3) is 0.200. The van der Waals surface area contributed by atoms with E-state index in [4.69, 9.17) is 4.42 Å². The SMILES string of the molecule is O=C(Nc1ccc2oc(-c3c(F)c(F)c(F)c(F)c3F)nc2c1)c1ccc(N2CCCCC2)c([N+](=O)[O-])c1. The van der Waals surface area contributed by atoms with Gasteiger partial charge in [-0.3, -0.25) is 14.9 Å². The number of piperidine rings is 1. The molecular formula is C25H17F5N4O4. The first-order valence-corrected chi connectivity index (χ1v) is 11.4. The second-order valence-corrected chi connectivity index (χ2v) is 8.61. The van der Waals surface area contributed by atoms with E-state index in [1.165, 1.54) is 36.4 Å². The molecule has 196 valence electrons. The van der Waals surface area contributed by atoms with Crippen LogP contribution in [-0.4, -0.2) is 28.9 Å². The Balaban J connectivity index is 1.43. The maximum absolute atomic E-state index is 14.2. The summed E-state index contributed by atoms with van der Waals surface area (Å²) in [6.07, 6.45) is 2.87. The first-order chi connectivity index (χ1) is 18.2. The maximum atomic E-state index is 14.2. The lowest BCUT2D eigenvalue weighted by atomic mass is 10.1. The third-order valence-electron chi connectivity index (χ3n) is 6.20. The van der Waals surface area contributed by atoms with Gasteiger partial charge in [0.1, 0.15) is 16.8 Å². The van der Waals surface area contributed by atoms with Crippen LogP contribution < -0.4 is 10.2 Å². The van der Waals surface area contributed by atoms with Crippen LogP contribution in [0.1, 0.15) is 29.6 Å². The second-order valence-electron chi connectivity index (χ2n) is 8.61. The molecule has 0 unspecified atom stereocenters. The van der Waals surface area contributed by atoms with Gasteiger partial charge in [0, 0.05) is 30.4 Å². The number of nitrogens with zero attached hydrogens (tertiary/aromatic N) is 3. The largest absolute Gasteiger partial charge is 0.436 e. The predicted octanol–water partition coefficient (Wildman–Crippen LogP) is 6.34. The van der Waals surface area contributed by atoms with Crippen LogP contribution in [0.4, 0.5) is 39.0 Å². The van der Waals surface area contributed by atoms with E-state index in [1.807, 2.05) is 4.90 Å². The van der Waals surface area contributed by atoms with Crippen LogP contribution in [0.25, 0.3) is 22.6 Å². The monoisotopic (exact) mass is 532 g/mol. The number of nitro benzene ring substituents is 1. The van der Waals surface area contributed by atoms with E-state index in [0.717, 1.165) is 19.3 Å². The average molecular weight is 532 g/mol. The van der Waals surface area contributed by atoms with Crippen LogP contribution in [0.2, 0.25) is 0 Å². The lowest BCUT2D eigenvalue weighted by Gasteiger charge is -2.28. The van der Waals surface area contributed by atoms with E-state index in [-0.39, 0.29) is 28.0 Å². The number of oxazole rings is 1. The number of nitro groups is 1. The summed E-state index contributed by atoms with van der Waals surface area (Å²) in [5.74, 6) is -12.3. The van der Waals surface area contributed by atoms with Gasteiger partial charge in [0.2, 0.25) is 11.7 Å². The van der Waals surface area contributed by atoms with Gasteiger partial charge in [-0.15, -0.1) is 0 Å². The lowest BCUT2D eigenvalue weighted by molar-refractivity contribution is -0.384. The summed E-state index contributed by atoms with van der Waals surface area (Å²) >= 11 is 0. The molecule has 0 radical (unpaired) electrons. The number of carbonyl (C=O) groups is 1. The van der Waals surface area contributed by atoms with Gasteiger partial charge in [0.05, 0.1) is 4.92 Å². The van der Waals surface area contributed by atoms with Crippen molar-refractivity contribution in [1.29, 1.82) is 0 Å². The molecule has 8 nitrogen and oxygen atoms in total.